The molecule has 4 heteroatoms. The van der Waals surface area contributed by atoms with Gasteiger partial charge < -0.3 is 15.4 Å². The lowest BCUT2D eigenvalue weighted by molar-refractivity contribution is 0.286. The van der Waals surface area contributed by atoms with E-state index >= 15 is 0 Å². The first-order valence-electron chi connectivity index (χ1n) is 9.70. The summed E-state index contributed by atoms with van der Waals surface area (Å²) in [5, 5.41) is 7.10. The van der Waals surface area contributed by atoms with Gasteiger partial charge in [-0.25, -0.2) is 4.39 Å². The van der Waals surface area contributed by atoms with E-state index in [1.807, 2.05) is 36.4 Å². The van der Waals surface area contributed by atoms with Gasteiger partial charge in [0.05, 0.1) is 0 Å². The highest BCUT2D eigenvalue weighted by Crippen LogP contribution is 2.45. The molecule has 0 spiro atoms. The minimum Gasteiger partial charge on any atom is -0.486 e. The van der Waals surface area contributed by atoms with Gasteiger partial charge in [0.1, 0.15) is 6.61 Å². The Morgan fingerprint density at radius 2 is 1.85 bits per heavy atom. The van der Waals surface area contributed by atoms with Crippen molar-refractivity contribution in [3.63, 3.8) is 0 Å². The number of hydrogen-bond acceptors (Lipinski definition) is 3. The van der Waals surface area contributed by atoms with Crippen molar-refractivity contribution in [3.05, 3.63) is 65.5 Å². The molecule has 0 amide bonds. The zero-order valence-electron chi connectivity index (χ0n) is 15.1. The van der Waals surface area contributed by atoms with Gasteiger partial charge in [0.15, 0.2) is 11.6 Å². The topological polar surface area (TPSA) is 33.3 Å². The minimum atomic E-state index is -0.262. The number of rotatable bonds is 7. The van der Waals surface area contributed by atoms with E-state index in [4.69, 9.17) is 4.74 Å². The van der Waals surface area contributed by atoms with Crippen LogP contribution in [0.4, 0.5) is 4.39 Å². The smallest absolute Gasteiger partial charge is 0.165 e. The number of nitrogens with one attached hydrogen (secondary N) is 2. The molecule has 1 aliphatic heterocycles. The van der Waals surface area contributed by atoms with E-state index in [-0.39, 0.29) is 5.82 Å². The van der Waals surface area contributed by atoms with Crippen molar-refractivity contribution in [3.8, 4) is 5.75 Å². The Balaban J connectivity index is 1.37. The third-order valence-electron chi connectivity index (χ3n) is 5.54. The van der Waals surface area contributed by atoms with Gasteiger partial charge in [-0.2, -0.15) is 0 Å². The third kappa shape index (κ3) is 4.25. The monoisotopic (exact) mass is 354 g/mol. The first kappa shape index (κ1) is 17.5. The molecule has 0 unspecified atom stereocenters. The summed E-state index contributed by atoms with van der Waals surface area (Å²) in [5.74, 6) is 1.28. The fourth-order valence-electron chi connectivity index (χ4n) is 3.87. The predicted octanol–water partition coefficient (Wildman–Crippen LogP) is 3.85. The Bertz CT molecular complexity index is 715. The van der Waals surface area contributed by atoms with Crippen LogP contribution >= 0.6 is 0 Å². The maximum Gasteiger partial charge on any atom is 0.165 e. The van der Waals surface area contributed by atoms with Gasteiger partial charge in [0.25, 0.3) is 0 Å². The molecule has 2 aromatic carbocycles. The van der Waals surface area contributed by atoms with E-state index in [9.17, 15) is 4.39 Å². The summed E-state index contributed by atoms with van der Waals surface area (Å²) in [4.78, 5) is 0. The van der Waals surface area contributed by atoms with E-state index in [0.717, 1.165) is 43.1 Å². The van der Waals surface area contributed by atoms with Crippen LogP contribution in [0.25, 0.3) is 0 Å². The molecule has 1 heterocycles. The number of para-hydroxylation sites is 1. The first-order chi connectivity index (χ1) is 12.8. The highest BCUT2D eigenvalue weighted by Gasteiger charge is 2.40. The van der Waals surface area contributed by atoms with Gasteiger partial charge in [-0.1, -0.05) is 42.5 Å². The predicted molar refractivity (Wildman–Crippen MR) is 102 cm³/mol. The van der Waals surface area contributed by atoms with Gasteiger partial charge in [-0.3, -0.25) is 0 Å². The molecule has 3 nitrogen and oxygen atoms in total. The normalized spacial score (nSPS) is 23.0. The second-order valence-corrected chi connectivity index (χ2v) is 7.48. The van der Waals surface area contributed by atoms with E-state index in [1.54, 1.807) is 6.07 Å². The van der Waals surface area contributed by atoms with Crippen LogP contribution in [0.15, 0.2) is 48.5 Å². The Morgan fingerprint density at radius 3 is 2.65 bits per heavy atom. The molecule has 0 aromatic heterocycles. The highest BCUT2D eigenvalue weighted by molar-refractivity contribution is 5.42. The second kappa shape index (κ2) is 8.19. The summed E-state index contributed by atoms with van der Waals surface area (Å²) in [5.41, 5.74) is 2.06. The van der Waals surface area contributed by atoms with Gasteiger partial charge in [-0.15, -0.1) is 0 Å². The standard InChI is InChI=1S/C22H27FN2O/c23-20-8-4-7-18(22(20)26-15-17-5-2-1-3-6-17)19-13-21(19)25-14-16-9-11-24-12-10-16/h1-8,16,19,21,24-25H,9-15H2/t19-,21+/m1/s1. The summed E-state index contributed by atoms with van der Waals surface area (Å²) in [6.07, 6.45) is 3.56. The molecule has 2 atom stereocenters. The molecular weight excluding hydrogens is 327 g/mol. The molecule has 2 aromatic rings. The molecule has 4 rings (SSSR count). The van der Waals surface area contributed by atoms with Crippen LogP contribution < -0.4 is 15.4 Å². The van der Waals surface area contributed by atoms with Crippen LogP contribution in [-0.4, -0.2) is 25.7 Å². The molecule has 26 heavy (non-hydrogen) atoms. The van der Waals surface area contributed by atoms with E-state index in [0.29, 0.717) is 24.3 Å². The lowest BCUT2D eigenvalue weighted by Crippen LogP contribution is -2.34. The lowest BCUT2D eigenvalue weighted by atomic mass is 9.98. The third-order valence-corrected chi connectivity index (χ3v) is 5.54. The van der Waals surface area contributed by atoms with Gasteiger partial charge in [-0.05, 0) is 56.4 Å². The molecule has 1 saturated carbocycles. The summed E-state index contributed by atoms with van der Waals surface area (Å²) in [6.45, 7) is 3.72. The lowest BCUT2D eigenvalue weighted by Gasteiger charge is -2.23. The largest absolute Gasteiger partial charge is 0.486 e. The number of ether oxygens (including phenoxy) is 1. The van der Waals surface area contributed by atoms with Crippen LogP contribution in [0.3, 0.4) is 0 Å². The molecule has 1 aliphatic carbocycles. The van der Waals surface area contributed by atoms with Gasteiger partial charge in [0.2, 0.25) is 0 Å². The minimum absolute atomic E-state index is 0.262. The number of benzene rings is 2. The van der Waals surface area contributed by atoms with Crippen molar-refractivity contribution in [2.24, 2.45) is 5.92 Å². The van der Waals surface area contributed by atoms with Crippen LogP contribution in [0.5, 0.6) is 5.75 Å². The van der Waals surface area contributed by atoms with Crippen molar-refractivity contribution in [2.45, 2.75) is 37.8 Å². The molecule has 2 aliphatic rings. The number of hydrogen-bond donors (Lipinski definition) is 2. The highest BCUT2D eigenvalue weighted by atomic mass is 19.1. The maximum absolute atomic E-state index is 14.4. The quantitative estimate of drug-likeness (QED) is 0.792. The number of piperidine rings is 1. The Hall–Kier alpha value is -1.91. The molecular formula is C22H27FN2O. The van der Waals surface area contributed by atoms with Crippen LogP contribution in [-0.2, 0) is 6.61 Å². The van der Waals surface area contributed by atoms with Crippen molar-refractivity contribution >= 4 is 0 Å². The Labute approximate surface area is 155 Å². The van der Waals surface area contributed by atoms with Crippen molar-refractivity contribution in [2.75, 3.05) is 19.6 Å². The van der Waals surface area contributed by atoms with Crippen molar-refractivity contribution < 1.29 is 9.13 Å². The van der Waals surface area contributed by atoms with E-state index in [1.165, 1.54) is 18.9 Å². The van der Waals surface area contributed by atoms with Gasteiger partial charge >= 0.3 is 0 Å². The fourth-order valence-corrected chi connectivity index (χ4v) is 3.87. The van der Waals surface area contributed by atoms with Crippen molar-refractivity contribution in [1.29, 1.82) is 0 Å². The summed E-state index contributed by atoms with van der Waals surface area (Å²) in [7, 11) is 0. The summed E-state index contributed by atoms with van der Waals surface area (Å²) < 4.78 is 20.3. The second-order valence-electron chi connectivity index (χ2n) is 7.48. The average molecular weight is 354 g/mol. The molecule has 2 fully saturated rings. The molecule has 2 N–H and O–H groups in total. The SMILES string of the molecule is Fc1cccc([C@H]2C[C@@H]2NCC2CCNCC2)c1OCc1ccccc1. The Morgan fingerprint density at radius 1 is 1.04 bits per heavy atom. The summed E-state index contributed by atoms with van der Waals surface area (Å²) in [6, 6.07) is 15.7. The van der Waals surface area contributed by atoms with Crippen LogP contribution in [0.1, 0.15) is 36.3 Å². The van der Waals surface area contributed by atoms with E-state index in [2.05, 4.69) is 10.6 Å². The van der Waals surface area contributed by atoms with Crippen molar-refractivity contribution in [1.82, 2.24) is 10.6 Å². The molecule has 1 saturated heterocycles. The fraction of sp³-hybridized carbons (Fsp3) is 0.455. The molecule has 0 radical (unpaired) electrons. The van der Waals surface area contributed by atoms with Crippen LogP contribution in [0.2, 0.25) is 0 Å². The van der Waals surface area contributed by atoms with Gasteiger partial charge in [0, 0.05) is 17.5 Å². The summed E-state index contributed by atoms with van der Waals surface area (Å²) >= 11 is 0. The molecule has 138 valence electrons. The zero-order valence-corrected chi connectivity index (χ0v) is 15.1. The Kier molecular flexibility index (Phi) is 5.51. The average Bonchev–Trinajstić information content (AvgIpc) is 3.46. The van der Waals surface area contributed by atoms with E-state index < -0.39 is 0 Å². The first-order valence-corrected chi connectivity index (χ1v) is 9.70. The zero-order chi connectivity index (χ0) is 17.8. The number of halogens is 1. The van der Waals surface area contributed by atoms with Crippen LogP contribution in [0, 0.1) is 11.7 Å². The molecule has 0 bridgehead atoms. The maximum atomic E-state index is 14.4.